The molecule has 0 radical (unpaired) electrons. The molecule has 0 N–H and O–H groups in total. The molecule has 0 saturated heterocycles. The number of aromatic nitrogens is 2. The first-order valence-corrected chi connectivity index (χ1v) is 4.75. The molecular formula is C11H11FN2O. The van der Waals surface area contributed by atoms with E-state index in [9.17, 15) is 9.18 Å². The molecule has 2 aromatic heterocycles. The maximum Gasteiger partial charge on any atom is 0.162 e. The van der Waals surface area contributed by atoms with Crippen LogP contribution >= 0.6 is 0 Å². The number of fused-ring (bicyclic) bond motifs is 1. The van der Waals surface area contributed by atoms with Gasteiger partial charge in [-0.2, -0.15) is 0 Å². The zero-order valence-electron chi connectivity index (χ0n) is 8.40. The van der Waals surface area contributed by atoms with Crippen molar-refractivity contribution in [3.63, 3.8) is 0 Å². The van der Waals surface area contributed by atoms with E-state index in [1.165, 1.54) is 6.92 Å². The van der Waals surface area contributed by atoms with E-state index in [-0.39, 0.29) is 12.3 Å². The maximum atomic E-state index is 12.3. The van der Waals surface area contributed by atoms with Gasteiger partial charge in [-0.15, -0.1) is 0 Å². The molecule has 4 heteroatoms. The van der Waals surface area contributed by atoms with Crippen LogP contribution in [0.4, 0.5) is 4.39 Å². The molecule has 0 atom stereocenters. The zero-order valence-corrected chi connectivity index (χ0v) is 8.40. The van der Waals surface area contributed by atoms with E-state index < -0.39 is 6.67 Å². The van der Waals surface area contributed by atoms with Crippen LogP contribution in [0.25, 0.3) is 11.0 Å². The summed E-state index contributed by atoms with van der Waals surface area (Å²) in [7, 11) is 0. The van der Waals surface area contributed by atoms with Crippen LogP contribution in [0.5, 0.6) is 0 Å². The number of hydrogen-bond donors (Lipinski definition) is 0. The van der Waals surface area contributed by atoms with Crippen molar-refractivity contribution in [3.05, 3.63) is 30.1 Å². The van der Waals surface area contributed by atoms with Crippen LogP contribution in [-0.4, -0.2) is 22.0 Å². The van der Waals surface area contributed by atoms with Gasteiger partial charge < -0.3 is 4.57 Å². The van der Waals surface area contributed by atoms with Crippen molar-refractivity contribution >= 4 is 16.8 Å². The van der Waals surface area contributed by atoms with Gasteiger partial charge in [-0.1, -0.05) is 0 Å². The number of aryl methyl sites for hydroxylation is 1. The van der Waals surface area contributed by atoms with Gasteiger partial charge >= 0.3 is 0 Å². The van der Waals surface area contributed by atoms with Crippen molar-refractivity contribution in [1.29, 1.82) is 0 Å². The zero-order chi connectivity index (χ0) is 10.8. The Hall–Kier alpha value is -1.71. The number of Topliss-reactive ketones (excluding diaryl/α,β-unsaturated/α-hetero) is 1. The van der Waals surface area contributed by atoms with E-state index in [1.807, 2.05) is 6.07 Å². The molecular weight excluding hydrogens is 195 g/mol. The van der Waals surface area contributed by atoms with E-state index in [0.29, 0.717) is 11.2 Å². The highest BCUT2D eigenvalue weighted by Gasteiger charge is 2.11. The van der Waals surface area contributed by atoms with Gasteiger partial charge in [-0.25, -0.2) is 9.37 Å². The van der Waals surface area contributed by atoms with Crippen molar-refractivity contribution < 1.29 is 9.18 Å². The Labute approximate surface area is 86.5 Å². The molecule has 0 aromatic carbocycles. The quantitative estimate of drug-likeness (QED) is 0.721. The van der Waals surface area contributed by atoms with Crippen LogP contribution in [0.2, 0.25) is 0 Å². The Bertz CT molecular complexity index is 504. The number of hydrogen-bond acceptors (Lipinski definition) is 2. The van der Waals surface area contributed by atoms with Gasteiger partial charge in [0.05, 0.1) is 6.54 Å². The summed E-state index contributed by atoms with van der Waals surface area (Å²) in [6.07, 6.45) is 3.31. The van der Waals surface area contributed by atoms with E-state index >= 15 is 0 Å². The lowest BCUT2D eigenvalue weighted by Gasteiger charge is -1.98. The predicted molar refractivity (Wildman–Crippen MR) is 55.7 cm³/mol. The number of carbonyl (C=O) groups is 1. The number of ketones is 1. The van der Waals surface area contributed by atoms with Crippen LogP contribution in [0.15, 0.2) is 24.5 Å². The van der Waals surface area contributed by atoms with Gasteiger partial charge in [-0.05, 0) is 19.1 Å². The molecule has 0 aliphatic rings. The van der Waals surface area contributed by atoms with Crippen LogP contribution in [-0.2, 0) is 6.54 Å². The normalized spacial score (nSPS) is 10.8. The first kappa shape index (κ1) is 9.83. The average Bonchev–Trinajstić information content (AvgIpc) is 2.59. The van der Waals surface area contributed by atoms with Crippen molar-refractivity contribution in [2.75, 3.05) is 6.67 Å². The summed E-state index contributed by atoms with van der Waals surface area (Å²) in [4.78, 5) is 15.5. The molecule has 0 unspecified atom stereocenters. The molecule has 0 bridgehead atoms. The third kappa shape index (κ3) is 1.63. The van der Waals surface area contributed by atoms with Gasteiger partial charge in [0.25, 0.3) is 0 Å². The molecule has 2 rings (SSSR count). The SMILES string of the molecule is CC(=O)c1cn(CCF)c2ncccc12. The summed E-state index contributed by atoms with van der Waals surface area (Å²) >= 11 is 0. The highest BCUT2D eigenvalue weighted by atomic mass is 19.1. The molecule has 15 heavy (non-hydrogen) atoms. The van der Waals surface area contributed by atoms with Gasteiger partial charge in [-0.3, -0.25) is 4.79 Å². The minimum absolute atomic E-state index is 0.0226. The molecule has 0 aliphatic carbocycles. The smallest absolute Gasteiger partial charge is 0.162 e. The highest BCUT2D eigenvalue weighted by molar-refractivity contribution is 6.06. The van der Waals surface area contributed by atoms with E-state index in [1.54, 1.807) is 23.0 Å². The van der Waals surface area contributed by atoms with E-state index in [0.717, 1.165) is 5.39 Å². The molecule has 78 valence electrons. The Morgan fingerprint density at radius 2 is 2.40 bits per heavy atom. The Morgan fingerprint density at radius 1 is 1.60 bits per heavy atom. The standard InChI is InChI=1S/C11H11FN2O/c1-8(15)10-7-14(6-4-12)11-9(10)3-2-5-13-11/h2-3,5,7H,4,6H2,1H3. The number of nitrogens with zero attached hydrogens (tertiary/aromatic N) is 2. The van der Waals surface area contributed by atoms with Crippen molar-refractivity contribution in [3.8, 4) is 0 Å². The molecule has 0 aliphatic heterocycles. The number of halogens is 1. The number of rotatable bonds is 3. The van der Waals surface area contributed by atoms with E-state index in [2.05, 4.69) is 4.98 Å². The lowest BCUT2D eigenvalue weighted by atomic mass is 10.2. The molecule has 0 spiro atoms. The van der Waals surface area contributed by atoms with Gasteiger partial charge in [0.2, 0.25) is 0 Å². The molecule has 0 saturated carbocycles. The number of alkyl halides is 1. The fraction of sp³-hybridized carbons (Fsp3) is 0.273. The Balaban J connectivity index is 2.67. The van der Waals surface area contributed by atoms with Crippen molar-refractivity contribution in [1.82, 2.24) is 9.55 Å². The van der Waals surface area contributed by atoms with Crippen LogP contribution in [0, 0.1) is 0 Å². The maximum absolute atomic E-state index is 12.3. The third-order valence-electron chi connectivity index (χ3n) is 2.34. The van der Waals surface area contributed by atoms with Gasteiger partial charge in [0.1, 0.15) is 12.3 Å². The molecule has 2 aromatic rings. The molecule has 0 fully saturated rings. The summed E-state index contributed by atoms with van der Waals surface area (Å²) in [5.74, 6) is -0.0226. The lowest BCUT2D eigenvalue weighted by Crippen LogP contribution is -1.98. The van der Waals surface area contributed by atoms with E-state index in [4.69, 9.17) is 0 Å². The summed E-state index contributed by atoms with van der Waals surface area (Å²) in [6, 6.07) is 3.60. The monoisotopic (exact) mass is 206 g/mol. The second-order valence-corrected chi connectivity index (χ2v) is 3.36. The van der Waals surface area contributed by atoms with Gasteiger partial charge in [0, 0.05) is 23.3 Å². The number of carbonyl (C=O) groups excluding carboxylic acids is 1. The summed E-state index contributed by atoms with van der Waals surface area (Å²) < 4.78 is 14.0. The Kier molecular flexibility index (Phi) is 2.49. The summed E-state index contributed by atoms with van der Waals surface area (Å²) in [5, 5.41) is 0.790. The van der Waals surface area contributed by atoms with Gasteiger partial charge in [0.15, 0.2) is 5.78 Å². The van der Waals surface area contributed by atoms with Crippen LogP contribution in [0.1, 0.15) is 17.3 Å². The van der Waals surface area contributed by atoms with Crippen molar-refractivity contribution in [2.24, 2.45) is 0 Å². The average molecular weight is 206 g/mol. The van der Waals surface area contributed by atoms with Crippen molar-refractivity contribution in [2.45, 2.75) is 13.5 Å². The highest BCUT2D eigenvalue weighted by Crippen LogP contribution is 2.19. The molecule has 3 nitrogen and oxygen atoms in total. The number of pyridine rings is 1. The minimum Gasteiger partial charge on any atom is -0.329 e. The minimum atomic E-state index is -0.461. The summed E-state index contributed by atoms with van der Waals surface area (Å²) in [5.41, 5.74) is 1.27. The largest absolute Gasteiger partial charge is 0.329 e. The van der Waals surface area contributed by atoms with Crippen LogP contribution < -0.4 is 0 Å². The fourth-order valence-electron chi connectivity index (χ4n) is 1.66. The second-order valence-electron chi connectivity index (χ2n) is 3.36. The first-order valence-electron chi connectivity index (χ1n) is 4.75. The second kappa shape index (κ2) is 3.81. The van der Waals surface area contributed by atoms with Crippen LogP contribution in [0.3, 0.4) is 0 Å². The third-order valence-corrected chi connectivity index (χ3v) is 2.34. The topological polar surface area (TPSA) is 34.9 Å². The summed E-state index contributed by atoms with van der Waals surface area (Å²) in [6.45, 7) is 1.28. The molecule has 0 amide bonds. The fourth-order valence-corrected chi connectivity index (χ4v) is 1.66. The predicted octanol–water partition coefficient (Wildman–Crippen LogP) is 2.21. The lowest BCUT2D eigenvalue weighted by molar-refractivity contribution is 0.101. The first-order chi connectivity index (χ1) is 7.24. The molecule has 2 heterocycles. The Morgan fingerprint density at radius 3 is 3.07 bits per heavy atom.